The van der Waals surface area contributed by atoms with Crippen LogP contribution in [0.5, 0.6) is 11.5 Å². The average Bonchev–Trinajstić information content (AvgIpc) is 2.98. The second kappa shape index (κ2) is 15.3. The summed E-state index contributed by atoms with van der Waals surface area (Å²) >= 11 is 9.53. The van der Waals surface area contributed by atoms with Gasteiger partial charge in [0.25, 0.3) is 10.0 Å². The molecule has 0 saturated carbocycles. The molecule has 3 rings (SSSR count). The number of nitrogens with one attached hydrogen (secondary N) is 1. The molecule has 0 aliphatic heterocycles. The van der Waals surface area contributed by atoms with Crippen molar-refractivity contribution in [3.63, 3.8) is 0 Å². The van der Waals surface area contributed by atoms with E-state index in [2.05, 4.69) is 21.2 Å². The number of anilines is 1. The average molecular weight is 681 g/mol. The van der Waals surface area contributed by atoms with E-state index in [-0.39, 0.29) is 28.8 Å². The van der Waals surface area contributed by atoms with Crippen LogP contribution >= 0.6 is 27.5 Å². The normalized spacial score (nSPS) is 11.9. The lowest BCUT2D eigenvalue weighted by Gasteiger charge is -2.32. The van der Waals surface area contributed by atoms with E-state index in [1.165, 1.54) is 49.5 Å². The minimum Gasteiger partial charge on any atom is -0.493 e. The monoisotopic (exact) mass is 679 g/mol. The highest BCUT2D eigenvalue weighted by Crippen LogP contribution is 2.32. The number of hydrogen-bond donors (Lipinski definition) is 1. The predicted molar refractivity (Wildman–Crippen MR) is 168 cm³/mol. The molecule has 3 aromatic rings. The summed E-state index contributed by atoms with van der Waals surface area (Å²) in [6, 6.07) is 16.8. The molecule has 0 bridgehead atoms. The highest BCUT2D eigenvalue weighted by molar-refractivity contribution is 9.10. The molecule has 0 unspecified atom stereocenters. The molecule has 0 aliphatic rings. The molecule has 0 aromatic heterocycles. The molecular weight excluding hydrogens is 646 g/mol. The number of rotatable bonds is 14. The predicted octanol–water partition coefficient (Wildman–Crippen LogP) is 5.65. The minimum absolute atomic E-state index is 0.0888. The van der Waals surface area contributed by atoms with E-state index in [9.17, 15) is 18.0 Å². The maximum atomic E-state index is 14.1. The maximum Gasteiger partial charge on any atom is 0.264 e. The molecule has 0 fully saturated rings. The van der Waals surface area contributed by atoms with Crippen molar-refractivity contribution in [1.82, 2.24) is 10.2 Å². The third kappa shape index (κ3) is 8.39. The van der Waals surface area contributed by atoms with Crippen LogP contribution in [-0.2, 0) is 26.2 Å². The number of unbranched alkanes of at least 4 members (excludes halogenated alkanes) is 1. The van der Waals surface area contributed by atoms with Crippen molar-refractivity contribution >= 4 is 55.1 Å². The minimum atomic E-state index is -4.30. The molecule has 42 heavy (non-hydrogen) atoms. The molecule has 226 valence electrons. The summed E-state index contributed by atoms with van der Waals surface area (Å²) in [5.74, 6) is -0.317. The van der Waals surface area contributed by atoms with Crippen LogP contribution in [0, 0.1) is 0 Å². The Balaban J connectivity index is 2.04. The van der Waals surface area contributed by atoms with E-state index in [4.69, 9.17) is 21.1 Å². The van der Waals surface area contributed by atoms with Crippen LogP contribution in [0.1, 0.15) is 32.3 Å². The number of benzene rings is 3. The number of methoxy groups -OCH3 is 2. The van der Waals surface area contributed by atoms with Gasteiger partial charge in [0.05, 0.1) is 24.8 Å². The lowest BCUT2D eigenvalue weighted by atomic mass is 10.1. The second-order valence-electron chi connectivity index (χ2n) is 9.48. The van der Waals surface area contributed by atoms with Crippen LogP contribution in [0.2, 0.25) is 5.02 Å². The zero-order valence-electron chi connectivity index (χ0n) is 24.0. The molecule has 12 heteroatoms. The molecule has 0 spiro atoms. The van der Waals surface area contributed by atoms with E-state index in [1.807, 2.05) is 31.2 Å². The summed E-state index contributed by atoms with van der Waals surface area (Å²) in [4.78, 5) is 28.4. The number of sulfonamides is 1. The van der Waals surface area contributed by atoms with E-state index in [0.29, 0.717) is 17.3 Å². The van der Waals surface area contributed by atoms with Gasteiger partial charge in [-0.15, -0.1) is 0 Å². The zero-order chi connectivity index (χ0) is 30.9. The van der Waals surface area contributed by atoms with Gasteiger partial charge in [0.1, 0.15) is 12.6 Å². The van der Waals surface area contributed by atoms with Gasteiger partial charge in [-0.3, -0.25) is 13.9 Å². The summed E-state index contributed by atoms with van der Waals surface area (Å²) in [6.45, 7) is 3.64. The summed E-state index contributed by atoms with van der Waals surface area (Å²) in [5, 5.41) is 3.28. The maximum absolute atomic E-state index is 14.1. The quantitative estimate of drug-likeness (QED) is 0.221. The van der Waals surface area contributed by atoms with Gasteiger partial charge in [-0.2, -0.15) is 0 Å². The van der Waals surface area contributed by atoms with Gasteiger partial charge in [0.15, 0.2) is 11.5 Å². The smallest absolute Gasteiger partial charge is 0.264 e. The van der Waals surface area contributed by atoms with E-state index in [1.54, 1.807) is 19.1 Å². The Labute approximate surface area is 260 Å². The number of hydrogen-bond acceptors (Lipinski definition) is 6. The van der Waals surface area contributed by atoms with E-state index < -0.39 is 28.5 Å². The zero-order valence-corrected chi connectivity index (χ0v) is 27.1. The Morgan fingerprint density at radius 3 is 2.31 bits per heavy atom. The third-order valence-corrected chi connectivity index (χ3v) is 9.09. The van der Waals surface area contributed by atoms with Crippen LogP contribution in [0.25, 0.3) is 0 Å². The lowest BCUT2D eigenvalue weighted by Crippen LogP contribution is -2.51. The largest absolute Gasteiger partial charge is 0.493 e. The molecule has 0 saturated heterocycles. The van der Waals surface area contributed by atoms with Crippen molar-refractivity contribution in [2.45, 2.75) is 44.2 Å². The number of carbonyl (C=O) groups is 2. The Kier molecular flexibility index (Phi) is 12.1. The molecule has 0 heterocycles. The first-order chi connectivity index (χ1) is 20.0. The fourth-order valence-corrected chi connectivity index (χ4v) is 6.19. The van der Waals surface area contributed by atoms with Crippen molar-refractivity contribution < 1.29 is 27.5 Å². The van der Waals surface area contributed by atoms with Crippen LogP contribution < -0.4 is 19.1 Å². The number of carbonyl (C=O) groups excluding carboxylic acids is 2. The SMILES string of the molecule is CCCCNC(=O)[C@H](C)N(Cc1cccc(Br)c1)C(=O)CN(c1ccc(Cl)cc1)S(=O)(=O)c1ccc(OC)c(OC)c1. The highest BCUT2D eigenvalue weighted by Gasteiger charge is 2.33. The Bertz CT molecular complexity index is 1490. The van der Waals surface area contributed by atoms with Gasteiger partial charge in [-0.05, 0) is 67.4 Å². The number of amides is 2. The van der Waals surface area contributed by atoms with Crippen molar-refractivity contribution in [2.24, 2.45) is 0 Å². The van der Waals surface area contributed by atoms with Crippen LogP contribution in [-0.4, -0.2) is 58.5 Å². The molecule has 1 atom stereocenters. The van der Waals surface area contributed by atoms with Crippen molar-refractivity contribution in [3.8, 4) is 11.5 Å². The van der Waals surface area contributed by atoms with Gasteiger partial charge in [0.2, 0.25) is 11.8 Å². The van der Waals surface area contributed by atoms with Crippen molar-refractivity contribution in [2.75, 3.05) is 31.6 Å². The first-order valence-electron chi connectivity index (χ1n) is 13.3. The molecule has 3 aromatic carbocycles. The number of halogens is 2. The van der Waals surface area contributed by atoms with E-state index in [0.717, 1.165) is 27.2 Å². The van der Waals surface area contributed by atoms with Crippen molar-refractivity contribution in [1.29, 1.82) is 0 Å². The van der Waals surface area contributed by atoms with Gasteiger partial charge in [-0.25, -0.2) is 8.42 Å². The standard InChI is InChI=1S/C30H35BrClN3O6S/c1-5-6-16-33-30(37)21(2)34(19-22-8-7-9-23(31)17-22)29(36)20-35(25-12-10-24(32)11-13-25)42(38,39)26-14-15-27(40-3)28(18-26)41-4/h7-15,17-18,21H,5-6,16,19-20H2,1-4H3,(H,33,37)/t21-/m0/s1. The summed E-state index contributed by atoms with van der Waals surface area (Å²) < 4.78 is 40.5. The van der Waals surface area contributed by atoms with Crippen LogP contribution in [0.4, 0.5) is 5.69 Å². The van der Waals surface area contributed by atoms with Crippen LogP contribution in [0.15, 0.2) is 76.1 Å². The third-order valence-electron chi connectivity index (χ3n) is 6.58. The second-order valence-corrected chi connectivity index (χ2v) is 12.7. The Hall–Kier alpha value is -3.28. The molecule has 0 radical (unpaired) electrons. The molecular formula is C30H35BrClN3O6S. The summed E-state index contributed by atoms with van der Waals surface area (Å²) in [5.41, 5.74) is 0.997. The van der Waals surface area contributed by atoms with Gasteiger partial charge < -0.3 is 19.7 Å². The molecule has 1 N–H and O–H groups in total. The summed E-state index contributed by atoms with van der Waals surface area (Å²) in [6.07, 6.45) is 1.70. The molecule has 9 nitrogen and oxygen atoms in total. The Morgan fingerprint density at radius 2 is 1.69 bits per heavy atom. The van der Waals surface area contributed by atoms with Gasteiger partial charge in [-0.1, -0.05) is 53.0 Å². The van der Waals surface area contributed by atoms with Crippen LogP contribution in [0.3, 0.4) is 0 Å². The van der Waals surface area contributed by atoms with Gasteiger partial charge >= 0.3 is 0 Å². The fourth-order valence-electron chi connectivity index (χ4n) is 4.19. The topological polar surface area (TPSA) is 105 Å². The van der Waals surface area contributed by atoms with Gasteiger partial charge in [0, 0.05) is 28.7 Å². The number of nitrogens with zero attached hydrogens (tertiary/aromatic N) is 2. The highest BCUT2D eigenvalue weighted by atomic mass is 79.9. The summed E-state index contributed by atoms with van der Waals surface area (Å²) in [7, 11) is -1.44. The number of ether oxygens (including phenoxy) is 2. The molecule has 0 aliphatic carbocycles. The Morgan fingerprint density at radius 1 is 1.00 bits per heavy atom. The van der Waals surface area contributed by atoms with E-state index >= 15 is 0 Å². The fraction of sp³-hybridized carbons (Fsp3) is 0.333. The lowest BCUT2D eigenvalue weighted by molar-refractivity contribution is -0.139. The first-order valence-corrected chi connectivity index (χ1v) is 15.9. The van der Waals surface area contributed by atoms with Crippen molar-refractivity contribution in [3.05, 3.63) is 81.8 Å². The first kappa shape index (κ1) is 33.2. The molecule has 2 amide bonds.